The number of hydrogen-bond donors (Lipinski definition) is 0. The Morgan fingerprint density at radius 2 is 2.06 bits per heavy atom. The van der Waals surface area contributed by atoms with E-state index in [1.807, 2.05) is 4.90 Å². The smallest absolute Gasteiger partial charge is 0.338 e. The Bertz CT molecular complexity index is 995. The van der Waals surface area contributed by atoms with Crippen molar-refractivity contribution in [3.05, 3.63) is 33.9 Å². The van der Waals surface area contributed by atoms with Crippen LogP contribution in [0.5, 0.6) is 0 Å². The monoisotopic (exact) mass is 467 g/mol. The minimum atomic E-state index is -3.16. The number of esters is 1. The lowest BCUT2D eigenvalue weighted by Gasteiger charge is -2.32. The Morgan fingerprint density at radius 1 is 1.31 bits per heavy atom. The summed E-state index contributed by atoms with van der Waals surface area (Å²) in [7, 11) is -3.16. The van der Waals surface area contributed by atoms with Crippen molar-refractivity contribution in [1.29, 1.82) is 0 Å². The maximum atomic E-state index is 12.5. The van der Waals surface area contributed by atoms with Crippen LogP contribution in [-0.4, -0.2) is 73.9 Å². The first-order valence-electron chi connectivity index (χ1n) is 10.8. The van der Waals surface area contributed by atoms with E-state index >= 15 is 0 Å². The van der Waals surface area contributed by atoms with E-state index in [2.05, 4.69) is 6.92 Å². The van der Waals surface area contributed by atoms with Crippen molar-refractivity contribution in [2.45, 2.75) is 39.2 Å². The molecule has 0 unspecified atom stereocenters. The zero-order valence-corrected chi connectivity index (χ0v) is 19.2. The van der Waals surface area contributed by atoms with Crippen LogP contribution in [0.4, 0.5) is 11.4 Å². The second kappa shape index (κ2) is 9.85. The number of carbonyl (C=O) groups excluding carboxylic acids is 2. The number of carbonyl (C=O) groups is 2. The number of benzene rings is 1. The number of likely N-dealkylation sites (N-methyl/N-ethyl adjacent to an activating group) is 1. The van der Waals surface area contributed by atoms with Crippen molar-refractivity contribution in [3.63, 3.8) is 0 Å². The predicted molar refractivity (Wildman–Crippen MR) is 118 cm³/mol. The van der Waals surface area contributed by atoms with E-state index in [0.717, 1.165) is 12.8 Å². The van der Waals surface area contributed by atoms with Gasteiger partial charge in [-0.15, -0.1) is 0 Å². The van der Waals surface area contributed by atoms with Crippen LogP contribution in [0.2, 0.25) is 0 Å². The molecule has 0 saturated carbocycles. The highest BCUT2D eigenvalue weighted by Gasteiger charge is 2.34. The zero-order chi connectivity index (χ0) is 23.5. The standard InChI is InChI=1S/C21H29N3O7S/c1-3-23(17-8-10-32(29,30)14-17)20(25)13-31-21(26)16-6-7-18(19(11-16)24(27)28)22-9-4-5-15(2)12-22/h6-7,11,15,17H,3-5,8-10,12-14H2,1-2H3/t15-,17+/m0/s1. The second-order valence-corrected chi connectivity index (χ2v) is 10.7. The third kappa shape index (κ3) is 5.56. The summed E-state index contributed by atoms with van der Waals surface area (Å²) in [6.07, 6.45) is 2.38. The molecule has 0 N–H and O–H groups in total. The molecule has 2 aliphatic heterocycles. The molecular weight excluding hydrogens is 438 g/mol. The fourth-order valence-electron chi connectivity index (χ4n) is 4.43. The van der Waals surface area contributed by atoms with Crippen molar-refractivity contribution in [1.82, 2.24) is 4.90 Å². The summed E-state index contributed by atoms with van der Waals surface area (Å²) < 4.78 is 28.5. The number of hydrogen-bond acceptors (Lipinski definition) is 8. The number of amides is 1. The third-order valence-electron chi connectivity index (χ3n) is 6.04. The van der Waals surface area contributed by atoms with Crippen molar-refractivity contribution in [2.75, 3.05) is 42.6 Å². The Kier molecular flexibility index (Phi) is 7.37. The lowest BCUT2D eigenvalue weighted by atomic mass is 9.99. The average molecular weight is 468 g/mol. The summed E-state index contributed by atoms with van der Waals surface area (Å²) in [5.41, 5.74) is 0.282. The zero-order valence-electron chi connectivity index (χ0n) is 18.4. The Morgan fingerprint density at radius 3 is 2.66 bits per heavy atom. The summed E-state index contributed by atoms with van der Waals surface area (Å²) in [6.45, 7) is 5.00. The van der Waals surface area contributed by atoms with Crippen LogP contribution >= 0.6 is 0 Å². The molecule has 10 nitrogen and oxygen atoms in total. The lowest BCUT2D eigenvalue weighted by Crippen LogP contribution is -2.43. The molecule has 1 amide bonds. The van der Waals surface area contributed by atoms with Crippen LogP contribution in [0.25, 0.3) is 0 Å². The SMILES string of the molecule is CCN(C(=O)COC(=O)c1ccc(N2CCC[C@H](C)C2)c([N+](=O)[O-])c1)[C@@H]1CCS(=O)(=O)C1. The van der Waals surface area contributed by atoms with Gasteiger partial charge in [0.05, 0.1) is 22.0 Å². The summed E-state index contributed by atoms with van der Waals surface area (Å²) in [5.74, 6) is -0.960. The first kappa shape index (κ1) is 24.0. The van der Waals surface area contributed by atoms with Gasteiger partial charge in [0.1, 0.15) is 5.69 Å². The molecule has 2 heterocycles. The van der Waals surface area contributed by atoms with Gasteiger partial charge in [0.25, 0.3) is 11.6 Å². The molecule has 2 fully saturated rings. The Hall–Kier alpha value is -2.69. The molecular formula is C21H29N3O7S. The normalized spacial score (nSPS) is 22.4. The number of anilines is 1. The van der Waals surface area contributed by atoms with Crippen molar-refractivity contribution in [3.8, 4) is 0 Å². The quantitative estimate of drug-likeness (QED) is 0.339. The number of nitrogens with zero attached hydrogens (tertiary/aromatic N) is 3. The maximum absolute atomic E-state index is 12.5. The van der Waals surface area contributed by atoms with E-state index in [1.54, 1.807) is 13.0 Å². The molecule has 1 aromatic rings. The van der Waals surface area contributed by atoms with Gasteiger partial charge in [-0.05, 0) is 44.2 Å². The van der Waals surface area contributed by atoms with Crippen LogP contribution in [-0.2, 0) is 19.4 Å². The topological polar surface area (TPSA) is 127 Å². The van der Waals surface area contributed by atoms with Crippen LogP contribution in [0, 0.1) is 16.0 Å². The Balaban J connectivity index is 1.67. The number of ether oxygens (including phenoxy) is 1. The third-order valence-corrected chi connectivity index (χ3v) is 7.79. The number of sulfone groups is 1. The lowest BCUT2D eigenvalue weighted by molar-refractivity contribution is -0.384. The minimum Gasteiger partial charge on any atom is -0.452 e. The molecule has 2 aliphatic rings. The fourth-order valence-corrected chi connectivity index (χ4v) is 6.16. The molecule has 0 radical (unpaired) electrons. The first-order valence-corrected chi connectivity index (χ1v) is 12.6. The molecule has 32 heavy (non-hydrogen) atoms. The van der Waals surface area contributed by atoms with Gasteiger partial charge in [0, 0.05) is 31.7 Å². The van der Waals surface area contributed by atoms with Gasteiger partial charge in [0.2, 0.25) is 0 Å². The van der Waals surface area contributed by atoms with E-state index in [-0.39, 0.29) is 22.8 Å². The van der Waals surface area contributed by atoms with Crippen LogP contribution in [0.3, 0.4) is 0 Å². The second-order valence-electron chi connectivity index (χ2n) is 8.47. The van der Waals surface area contributed by atoms with Crippen LogP contribution < -0.4 is 4.90 Å². The molecule has 0 bridgehead atoms. The molecule has 176 valence electrons. The molecule has 11 heteroatoms. The summed E-state index contributed by atoms with van der Waals surface area (Å²) in [4.78, 5) is 39.5. The summed E-state index contributed by atoms with van der Waals surface area (Å²) >= 11 is 0. The van der Waals surface area contributed by atoms with Gasteiger partial charge in [0.15, 0.2) is 16.4 Å². The van der Waals surface area contributed by atoms with Gasteiger partial charge in [-0.25, -0.2) is 13.2 Å². The van der Waals surface area contributed by atoms with Crippen molar-refractivity contribution < 1.29 is 27.7 Å². The fraction of sp³-hybridized carbons (Fsp3) is 0.619. The summed E-state index contributed by atoms with van der Waals surface area (Å²) in [6, 6.07) is 3.78. The predicted octanol–water partition coefficient (Wildman–Crippen LogP) is 2.02. The van der Waals surface area contributed by atoms with Gasteiger partial charge in [-0.1, -0.05) is 6.92 Å². The maximum Gasteiger partial charge on any atom is 0.338 e. The largest absolute Gasteiger partial charge is 0.452 e. The Labute approximate surface area is 187 Å². The van der Waals surface area contributed by atoms with E-state index < -0.39 is 39.3 Å². The number of rotatable bonds is 7. The highest BCUT2D eigenvalue weighted by Crippen LogP contribution is 2.32. The molecule has 2 atom stereocenters. The highest BCUT2D eigenvalue weighted by molar-refractivity contribution is 7.91. The highest BCUT2D eigenvalue weighted by atomic mass is 32.2. The number of nitro benzene ring substituents is 1. The number of nitro groups is 1. The molecule has 2 saturated heterocycles. The van der Waals surface area contributed by atoms with Crippen molar-refractivity contribution in [2.24, 2.45) is 5.92 Å². The molecule has 0 aromatic heterocycles. The van der Waals surface area contributed by atoms with Gasteiger partial charge in [-0.2, -0.15) is 0 Å². The minimum absolute atomic E-state index is 0.00944. The molecule has 1 aromatic carbocycles. The van der Waals surface area contributed by atoms with Crippen molar-refractivity contribution >= 4 is 33.1 Å². The molecule has 0 spiro atoms. The van der Waals surface area contributed by atoms with Gasteiger partial charge >= 0.3 is 5.97 Å². The van der Waals surface area contributed by atoms with Gasteiger partial charge < -0.3 is 14.5 Å². The number of piperidine rings is 1. The van der Waals surface area contributed by atoms with Crippen LogP contribution in [0.15, 0.2) is 18.2 Å². The average Bonchev–Trinajstić information content (AvgIpc) is 3.11. The van der Waals surface area contributed by atoms with Gasteiger partial charge in [-0.3, -0.25) is 14.9 Å². The molecule has 0 aliphatic carbocycles. The summed E-state index contributed by atoms with van der Waals surface area (Å²) in [5, 5.41) is 11.6. The van der Waals surface area contributed by atoms with E-state index in [0.29, 0.717) is 37.7 Å². The van der Waals surface area contributed by atoms with Crippen LogP contribution in [0.1, 0.15) is 43.5 Å². The van der Waals surface area contributed by atoms with E-state index in [9.17, 15) is 28.1 Å². The van der Waals surface area contributed by atoms with E-state index in [1.165, 1.54) is 17.0 Å². The molecule has 3 rings (SSSR count). The van der Waals surface area contributed by atoms with E-state index in [4.69, 9.17) is 4.74 Å². The first-order chi connectivity index (χ1) is 15.1.